The molecule has 0 bridgehead atoms. The maximum atomic E-state index is 15.0. The minimum absolute atomic E-state index is 0.298. The number of halogens is 1. The Hall–Kier alpha value is -3.64. The van der Waals surface area contributed by atoms with E-state index in [1.807, 2.05) is 60.7 Å². The van der Waals surface area contributed by atoms with E-state index in [4.69, 9.17) is 10.7 Å². The van der Waals surface area contributed by atoms with E-state index < -0.39 is 0 Å². The number of nitrogens with zero attached hydrogens (tertiary/aromatic N) is 2. The van der Waals surface area contributed by atoms with Crippen LogP contribution in [0.3, 0.4) is 0 Å². The normalized spacial score (nSPS) is 11.2. The number of imidazole rings is 1. The third-order valence-electron chi connectivity index (χ3n) is 5.44. The molecule has 5 aromatic rings. The number of aromatic nitrogens is 2. The average Bonchev–Trinajstić information content (AvgIpc) is 3.31. The summed E-state index contributed by atoms with van der Waals surface area (Å²) in [5, 5.41) is 5.57. The number of rotatable bonds is 4. The molecular formula is C25H21FN4S. The molecule has 4 nitrogen and oxygen atoms in total. The Labute approximate surface area is 183 Å². The molecule has 0 aliphatic carbocycles. The van der Waals surface area contributed by atoms with Crippen molar-refractivity contribution in [3.8, 4) is 22.5 Å². The quantitative estimate of drug-likeness (QED) is 0.309. The molecule has 154 valence electrons. The summed E-state index contributed by atoms with van der Waals surface area (Å²) in [6, 6.07) is 21.0. The Morgan fingerprint density at radius 2 is 1.68 bits per heavy atom. The van der Waals surface area contributed by atoms with Gasteiger partial charge in [0.25, 0.3) is 0 Å². The SMILES string of the molecule is Cc1cccc(N)c1Nc1c(-c2c(C)cccc2F)nc2scc(-c3ccccc3)n12. The Balaban J connectivity index is 1.82. The first-order valence-electron chi connectivity index (χ1n) is 9.97. The Morgan fingerprint density at radius 1 is 0.935 bits per heavy atom. The maximum Gasteiger partial charge on any atom is 0.196 e. The van der Waals surface area contributed by atoms with E-state index >= 15 is 0 Å². The van der Waals surface area contributed by atoms with E-state index in [-0.39, 0.29) is 5.82 Å². The first kappa shape index (κ1) is 19.3. The van der Waals surface area contributed by atoms with Gasteiger partial charge in [-0.05, 0) is 42.7 Å². The highest BCUT2D eigenvalue weighted by molar-refractivity contribution is 7.15. The van der Waals surface area contributed by atoms with Crippen molar-refractivity contribution in [3.05, 3.63) is 89.1 Å². The summed E-state index contributed by atoms with van der Waals surface area (Å²) in [7, 11) is 0. The predicted octanol–water partition coefficient (Wildman–Crippen LogP) is 6.81. The van der Waals surface area contributed by atoms with E-state index in [0.29, 0.717) is 22.8 Å². The van der Waals surface area contributed by atoms with Crippen LogP contribution in [0.1, 0.15) is 11.1 Å². The first-order valence-corrected chi connectivity index (χ1v) is 10.9. The van der Waals surface area contributed by atoms with Gasteiger partial charge in [-0.1, -0.05) is 54.6 Å². The third kappa shape index (κ3) is 3.25. The molecular weight excluding hydrogens is 407 g/mol. The number of fused-ring (bicyclic) bond motifs is 1. The monoisotopic (exact) mass is 428 g/mol. The van der Waals surface area contributed by atoms with Crippen molar-refractivity contribution >= 4 is 33.5 Å². The highest BCUT2D eigenvalue weighted by atomic mass is 32.1. The standard InChI is InChI=1S/C25H21FN4S/c1-15-8-6-12-18(26)21(15)23-24(28-22-16(2)9-7-13-19(22)27)30-20(14-31-25(30)29-23)17-10-4-3-5-11-17/h3-14,28H,27H2,1-2H3. The minimum Gasteiger partial charge on any atom is -0.397 e. The molecule has 5 rings (SSSR count). The number of hydrogen-bond acceptors (Lipinski definition) is 4. The van der Waals surface area contributed by atoms with Gasteiger partial charge in [0.15, 0.2) is 4.96 Å². The fourth-order valence-electron chi connectivity index (χ4n) is 3.87. The minimum atomic E-state index is -0.298. The van der Waals surface area contributed by atoms with Crippen molar-refractivity contribution in [1.82, 2.24) is 9.38 Å². The molecule has 0 unspecified atom stereocenters. The number of nitrogens with two attached hydrogens (primary N) is 1. The molecule has 0 saturated heterocycles. The molecule has 0 amide bonds. The van der Waals surface area contributed by atoms with Gasteiger partial charge in [-0.2, -0.15) is 0 Å². The van der Waals surface area contributed by atoms with Crippen molar-refractivity contribution in [3.63, 3.8) is 0 Å². The second kappa shape index (κ2) is 7.56. The number of aryl methyl sites for hydroxylation is 2. The van der Waals surface area contributed by atoms with Crippen LogP contribution in [0.2, 0.25) is 0 Å². The van der Waals surface area contributed by atoms with Crippen molar-refractivity contribution in [2.75, 3.05) is 11.1 Å². The fraction of sp³-hybridized carbons (Fsp3) is 0.0800. The number of nitrogens with one attached hydrogen (secondary N) is 1. The number of nitrogen functional groups attached to an aromatic ring is 1. The zero-order chi connectivity index (χ0) is 21.5. The molecule has 0 radical (unpaired) electrons. The summed E-state index contributed by atoms with van der Waals surface area (Å²) in [6.07, 6.45) is 0. The second-order valence-electron chi connectivity index (χ2n) is 7.51. The topological polar surface area (TPSA) is 55.3 Å². The lowest BCUT2D eigenvalue weighted by molar-refractivity contribution is 0.630. The van der Waals surface area contributed by atoms with Gasteiger partial charge in [0.2, 0.25) is 0 Å². The highest BCUT2D eigenvalue weighted by Crippen LogP contribution is 2.40. The lowest BCUT2D eigenvalue weighted by Gasteiger charge is -2.15. The van der Waals surface area contributed by atoms with Gasteiger partial charge in [-0.3, -0.25) is 4.40 Å². The van der Waals surface area contributed by atoms with Crippen LogP contribution in [0.4, 0.5) is 21.6 Å². The Kier molecular flexibility index (Phi) is 4.71. The smallest absolute Gasteiger partial charge is 0.196 e. The number of hydrogen-bond donors (Lipinski definition) is 2. The van der Waals surface area contributed by atoms with Crippen LogP contribution in [-0.4, -0.2) is 9.38 Å². The maximum absolute atomic E-state index is 15.0. The molecule has 0 fully saturated rings. The van der Waals surface area contributed by atoms with Gasteiger partial charge >= 0.3 is 0 Å². The number of anilines is 3. The van der Waals surface area contributed by atoms with Gasteiger partial charge in [-0.15, -0.1) is 11.3 Å². The van der Waals surface area contributed by atoms with Crippen LogP contribution in [0.15, 0.2) is 72.1 Å². The van der Waals surface area contributed by atoms with Crippen LogP contribution >= 0.6 is 11.3 Å². The Morgan fingerprint density at radius 3 is 2.42 bits per heavy atom. The summed E-state index contributed by atoms with van der Waals surface area (Å²) in [4.78, 5) is 5.63. The molecule has 3 aromatic carbocycles. The number of thiazole rings is 1. The van der Waals surface area contributed by atoms with E-state index in [9.17, 15) is 4.39 Å². The summed E-state index contributed by atoms with van der Waals surface area (Å²) >= 11 is 1.53. The lowest BCUT2D eigenvalue weighted by Crippen LogP contribution is -2.03. The summed E-state index contributed by atoms with van der Waals surface area (Å²) in [6.45, 7) is 3.90. The fourth-order valence-corrected chi connectivity index (χ4v) is 4.77. The largest absolute Gasteiger partial charge is 0.397 e. The zero-order valence-electron chi connectivity index (χ0n) is 17.2. The third-order valence-corrected chi connectivity index (χ3v) is 6.27. The Bertz CT molecular complexity index is 1360. The first-order chi connectivity index (χ1) is 15.0. The van der Waals surface area contributed by atoms with E-state index in [0.717, 1.165) is 33.0 Å². The molecule has 0 saturated carbocycles. The summed E-state index contributed by atoms with van der Waals surface area (Å²) in [5.74, 6) is 0.400. The van der Waals surface area contributed by atoms with E-state index in [1.165, 1.54) is 17.4 Å². The summed E-state index contributed by atoms with van der Waals surface area (Å²) in [5.41, 5.74) is 12.7. The average molecular weight is 429 g/mol. The van der Waals surface area contributed by atoms with Crippen molar-refractivity contribution in [2.45, 2.75) is 13.8 Å². The molecule has 0 atom stereocenters. The second-order valence-corrected chi connectivity index (χ2v) is 8.35. The molecule has 31 heavy (non-hydrogen) atoms. The van der Waals surface area contributed by atoms with Crippen LogP contribution in [0, 0.1) is 19.7 Å². The van der Waals surface area contributed by atoms with Crippen molar-refractivity contribution in [1.29, 1.82) is 0 Å². The van der Waals surface area contributed by atoms with Crippen molar-refractivity contribution < 1.29 is 4.39 Å². The molecule has 2 heterocycles. The van der Waals surface area contributed by atoms with Crippen LogP contribution in [0.25, 0.3) is 27.5 Å². The van der Waals surface area contributed by atoms with E-state index in [2.05, 4.69) is 22.8 Å². The number of benzene rings is 3. The molecule has 6 heteroatoms. The highest BCUT2D eigenvalue weighted by Gasteiger charge is 2.23. The predicted molar refractivity (Wildman–Crippen MR) is 128 cm³/mol. The molecule has 2 aromatic heterocycles. The van der Waals surface area contributed by atoms with Gasteiger partial charge < -0.3 is 11.1 Å². The summed E-state index contributed by atoms with van der Waals surface area (Å²) < 4.78 is 17.0. The van der Waals surface area contributed by atoms with Gasteiger partial charge in [0.05, 0.1) is 17.1 Å². The van der Waals surface area contributed by atoms with Crippen LogP contribution < -0.4 is 11.1 Å². The molecule has 0 aliphatic heterocycles. The van der Waals surface area contributed by atoms with Crippen molar-refractivity contribution in [2.24, 2.45) is 0 Å². The molecule has 0 spiro atoms. The van der Waals surface area contributed by atoms with Crippen LogP contribution in [0.5, 0.6) is 0 Å². The molecule has 3 N–H and O–H groups in total. The lowest BCUT2D eigenvalue weighted by atomic mass is 10.0. The van der Waals surface area contributed by atoms with Gasteiger partial charge in [0.1, 0.15) is 17.3 Å². The van der Waals surface area contributed by atoms with Gasteiger partial charge in [-0.25, -0.2) is 9.37 Å². The van der Waals surface area contributed by atoms with Crippen LogP contribution in [-0.2, 0) is 0 Å². The number of para-hydroxylation sites is 1. The van der Waals surface area contributed by atoms with Gasteiger partial charge in [0, 0.05) is 10.9 Å². The zero-order valence-corrected chi connectivity index (χ0v) is 18.0. The van der Waals surface area contributed by atoms with E-state index in [1.54, 1.807) is 6.07 Å². The molecule has 0 aliphatic rings.